The summed E-state index contributed by atoms with van der Waals surface area (Å²) in [7, 11) is 0. The highest BCUT2D eigenvalue weighted by Crippen LogP contribution is 2.21. The van der Waals surface area contributed by atoms with Crippen molar-refractivity contribution in [1.29, 1.82) is 0 Å². The molecule has 0 spiro atoms. The number of aldehydes is 1. The molecule has 2 heterocycles. The summed E-state index contributed by atoms with van der Waals surface area (Å²) in [4.78, 5) is 51.3. The Bertz CT molecular complexity index is 1070. The van der Waals surface area contributed by atoms with Crippen LogP contribution in [-0.2, 0) is 36.9 Å². The Balaban J connectivity index is 1.80. The molecule has 0 saturated carbocycles. The molecule has 0 unspecified atom stereocenters. The van der Waals surface area contributed by atoms with Crippen molar-refractivity contribution in [3.05, 3.63) is 65.7 Å². The zero-order chi connectivity index (χ0) is 28.0. The van der Waals surface area contributed by atoms with E-state index in [-0.39, 0.29) is 43.0 Å². The third kappa shape index (κ3) is 10.7. The first-order valence-corrected chi connectivity index (χ1v) is 14.0. The largest absolute Gasteiger partial charge is 0.494 e. The lowest BCUT2D eigenvalue weighted by molar-refractivity contribution is -0.148. The number of carbonyl (C=O) groups is 4. The van der Waals surface area contributed by atoms with Gasteiger partial charge in [0, 0.05) is 12.3 Å². The highest BCUT2D eigenvalue weighted by molar-refractivity contribution is 5.92. The van der Waals surface area contributed by atoms with Crippen LogP contribution < -0.4 is 10.1 Å². The zero-order valence-electron chi connectivity index (χ0n) is 23.1. The smallest absolute Gasteiger partial charge is 0.306 e. The molecule has 0 aliphatic carbocycles. The first-order valence-electron chi connectivity index (χ1n) is 14.0. The van der Waals surface area contributed by atoms with Crippen LogP contribution in [0.15, 0.2) is 54.6 Å². The zero-order valence-corrected chi connectivity index (χ0v) is 23.1. The van der Waals surface area contributed by atoms with Crippen LogP contribution in [0.3, 0.4) is 0 Å². The van der Waals surface area contributed by atoms with Crippen LogP contribution in [0.2, 0.25) is 0 Å². The lowest BCUT2D eigenvalue weighted by Crippen LogP contribution is -2.45. The maximum Gasteiger partial charge on any atom is 0.306 e. The third-order valence-corrected chi connectivity index (χ3v) is 6.99. The fourth-order valence-electron chi connectivity index (χ4n) is 4.79. The number of ether oxygens (including phenoxy) is 2. The molecule has 1 amide bonds. The van der Waals surface area contributed by atoms with Gasteiger partial charge in [-0.25, -0.2) is 0 Å². The first kappa shape index (κ1) is 30.1. The molecule has 2 aliphatic heterocycles. The van der Waals surface area contributed by atoms with Crippen LogP contribution in [0.4, 0.5) is 0 Å². The van der Waals surface area contributed by atoms with E-state index >= 15 is 0 Å². The SMILES string of the molecule is CC(C)C[C@@H]1NC(=O)[C@@H](CC(=O)OCc2ccccc2)Cc2ccc(cc2)OCCCCC[C@@H](C=O)CC1=O. The number of ketones is 1. The van der Waals surface area contributed by atoms with Gasteiger partial charge in [0.15, 0.2) is 5.78 Å². The second kappa shape index (κ2) is 15.8. The summed E-state index contributed by atoms with van der Waals surface area (Å²) in [6, 6.07) is 16.2. The molecule has 7 heteroatoms. The number of nitrogens with one attached hydrogen (secondary N) is 1. The maximum absolute atomic E-state index is 13.5. The van der Waals surface area contributed by atoms with E-state index in [1.807, 2.05) is 68.4 Å². The molecule has 39 heavy (non-hydrogen) atoms. The molecule has 7 nitrogen and oxygen atoms in total. The predicted molar refractivity (Wildman–Crippen MR) is 149 cm³/mol. The Labute approximate surface area is 231 Å². The summed E-state index contributed by atoms with van der Waals surface area (Å²) in [5, 5.41) is 2.93. The number of fused-ring (bicyclic) bond motifs is 15. The van der Waals surface area contributed by atoms with Crippen LogP contribution in [0, 0.1) is 17.8 Å². The van der Waals surface area contributed by atoms with E-state index in [2.05, 4.69) is 5.32 Å². The van der Waals surface area contributed by atoms with Crippen molar-refractivity contribution >= 4 is 23.9 Å². The molecule has 0 fully saturated rings. The van der Waals surface area contributed by atoms with E-state index in [1.54, 1.807) is 0 Å². The number of benzene rings is 2. The molecule has 4 rings (SSSR count). The lowest BCUT2D eigenvalue weighted by Gasteiger charge is -2.24. The summed E-state index contributed by atoms with van der Waals surface area (Å²) in [5.41, 5.74) is 1.75. The summed E-state index contributed by atoms with van der Waals surface area (Å²) in [5.74, 6) is -1.18. The Morgan fingerprint density at radius 1 is 1.03 bits per heavy atom. The normalized spacial score (nSPS) is 21.4. The molecule has 0 saturated heterocycles. The monoisotopic (exact) mass is 535 g/mol. The van der Waals surface area contributed by atoms with Gasteiger partial charge in [0.1, 0.15) is 18.6 Å². The average Bonchev–Trinajstić information content (AvgIpc) is 2.93. The molecule has 0 aromatic heterocycles. The highest BCUT2D eigenvalue weighted by Gasteiger charge is 2.29. The molecular formula is C32H41NO6. The first-order chi connectivity index (χ1) is 18.8. The second-order valence-corrected chi connectivity index (χ2v) is 10.9. The van der Waals surface area contributed by atoms with Gasteiger partial charge in [0.05, 0.1) is 25.0 Å². The van der Waals surface area contributed by atoms with Crippen LogP contribution >= 0.6 is 0 Å². The van der Waals surface area contributed by atoms with Gasteiger partial charge in [-0.05, 0) is 54.9 Å². The number of carbonyl (C=O) groups excluding carboxylic acids is 4. The minimum absolute atomic E-state index is 0.0994. The highest BCUT2D eigenvalue weighted by atomic mass is 16.5. The fourth-order valence-corrected chi connectivity index (χ4v) is 4.79. The van der Waals surface area contributed by atoms with Gasteiger partial charge in [-0.15, -0.1) is 0 Å². The molecule has 1 N–H and O–H groups in total. The molecule has 0 radical (unpaired) electrons. The van der Waals surface area contributed by atoms with E-state index < -0.39 is 17.9 Å². The lowest BCUT2D eigenvalue weighted by atomic mass is 9.90. The van der Waals surface area contributed by atoms with Crippen molar-refractivity contribution in [3.63, 3.8) is 0 Å². The standard InChI is InChI=1S/C32H41NO6/c1-23(2)17-29-30(35)19-26(21-34)11-7-4-8-16-38-28-14-12-24(13-15-28)18-27(32(37)33-29)20-31(36)39-22-25-9-5-3-6-10-25/h3,5-6,9-10,12-15,21,23,26-27,29H,4,7-8,11,16-20,22H2,1-2H3,(H,33,37)/t26-,27-,29+/m1/s1. The number of amides is 1. The van der Waals surface area contributed by atoms with Crippen LogP contribution in [0.5, 0.6) is 5.75 Å². The van der Waals surface area contributed by atoms with Gasteiger partial charge < -0.3 is 19.6 Å². The van der Waals surface area contributed by atoms with Gasteiger partial charge in [-0.1, -0.05) is 69.2 Å². The number of hydrogen-bond acceptors (Lipinski definition) is 6. The molecule has 2 bridgehead atoms. The third-order valence-electron chi connectivity index (χ3n) is 6.99. The Morgan fingerprint density at radius 3 is 2.46 bits per heavy atom. The minimum Gasteiger partial charge on any atom is -0.494 e. The van der Waals surface area contributed by atoms with Crippen molar-refractivity contribution in [1.82, 2.24) is 5.32 Å². The van der Waals surface area contributed by atoms with Gasteiger partial charge in [0.2, 0.25) is 5.91 Å². The summed E-state index contributed by atoms with van der Waals surface area (Å²) in [6.07, 6.45) is 4.84. The van der Waals surface area contributed by atoms with E-state index in [4.69, 9.17) is 9.47 Å². The van der Waals surface area contributed by atoms with Crippen LogP contribution in [0.25, 0.3) is 0 Å². The topological polar surface area (TPSA) is 98.8 Å². The molecule has 2 aliphatic rings. The Hall–Kier alpha value is -3.48. The quantitative estimate of drug-likeness (QED) is 0.385. The van der Waals surface area contributed by atoms with Crippen molar-refractivity contribution < 1.29 is 28.7 Å². The molecule has 210 valence electrons. The van der Waals surface area contributed by atoms with Crippen molar-refractivity contribution in [2.45, 2.75) is 77.9 Å². The van der Waals surface area contributed by atoms with Gasteiger partial charge >= 0.3 is 5.97 Å². The Kier molecular flexibility index (Phi) is 12.2. The van der Waals surface area contributed by atoms with E-state index in [0.717, 1.165) is 42.4 Å². The van der Waals surface area contributed by atoms with E-state index in [0.29, 0.717) is 25.9 Å². The number of esters is 1. The molecule has 3 atom stereocenters. The predicted octanol–water partition coefficient (Wildman–Crippen LogP) is 5.24. The summed E-state index contributed by atoms with van der Waals surface area (Å²) >= 11 is 0. The molecule has 2 aromatic carbocycles. The van der Waals surface area contributed by atoms with Gasteiger partial charge in [0.25, 0.3) is 0 Å². The van der Waals surface area contributed by atoms with Crippen molar-refractivity contribution in [2.24, 2.45) is 17.8 Å². The van der Waals surface area contributed by atoms with Gasteiger partial charge in [-0.2, -0.15) is 0 Å². The van der Waals surface area contributed by atoms with Crippen molar-refractivity contribution in [3.8, 4) is 5.75 Å². The number of Topliss-reactive ketones (excluding diaryl/α,β-unsaturated/α-hetero) is 1. The average molecular weight is 536 g/mol. The summed E-state index contributed by atoms with van der Waals surface area (Å²) in [6.45, 7) is 4.68. The van der Waals surface area contributed by atoms with E-state index in [9.17, 15) is 19.2 Å². The van der Waals surface area contributed by atoms with E-state index in [1.165, 1.54) is 0 Å². The maximum atomic E-state index is 13.5. The van der Waals surface area contributed by atoms with Crippen LogP contribution in [0.1, 0.15) is 69.9 Å². The second-order valence-electron chi connectivity index (χ2n) is 10.9. The molecule has 2 aromatic rings. The van der Waals surface area contributed by atoms with Gasteiger partial charge in [-0.3, -0.25) is 14.4 Å². The van der Waals surface area contributed by atoms with Crippen molar-refractivity contribution in [2.75, 3.05) is 6.61 Å². The summed E-state index contributed by atoms with van der Waals surface area (Å²) < 4.78 is 11.3. The number of hydrogen-bond donors (Lipinski definition) is 1. The van der Waals surface area contributed by atoms with Crippen LogP contribution in [-0.4, -0.2) is 36.6 Å². The molecular weight excluding hydrogens is 494 g/mol. The number of rotatable bonds is 7. The Morgan fingerprint density at radius 2 is 1.77 bits per heavy atom. The fraction of sp³-hybridized carbons (Fsp3) is 0.500. The minimum atomic E-state index is -0.719.